The van der Waals surface area contributed by atoms with E-state index in [9.17, 15) is 9.18 Å². The van der Waals surface area contributed by atoms with Crippen LogP contribution in [-0.4, -0.2) is 46.3 Å². The van der Waals surface area contributed by atoms with Crippen molar-refractivity contribution in [2.24, 2.45) is 13.0 Å². The van der Waals surface area contributed by atoms with E-state index in [1.807, 2.05) is 0 Å². The van der Waals surface area contributed by atoms with Crippen LogP contribution in [0.2, 0.25) is 0 Å². The predicted molar refractivity (Wildman–Crippen MR) is 103 cm³/mol. The lowest BCUT2D eigenvalue weighted by molar-refractivity contribution is 0.0574. The van der Waals surface area contributed by atoms with Crippen molar-refractivity contribution in [3.63, 3.8) is 0 Å². The van der Waals surface area contributed by atoms with Gasteiger partial charge in [-0.3, -0.25) is 9.48 Å². The summed E-state index contributed by atoms with van der Waals surface area (Å²) in [5.74, 6) is 0.163. The van der Waals surface area contributed by atoms with Crippen LogP contribution >= 0.6 is 0 Å². The molecular formula is C21H27FN4O. The third-order valence-corrected chi connectivity index (χ3v) is 6.01. The van der Waals surface area contributed by atoms with Gasteiger partial charge in [-0.15, -0.1) is 0 Å². The summed E-state index contributed by atoms with van der Waals surface area (Å²) >= 11 is 0. The molecule has 2 aromatic rings. The molecule has 3 heterocycles. The Kier molecular flexibility index (Phi) is 5.25. The highest BCUT2D eigenvalue weighted by Crippen LogP contribution is 2.30. The van der Waals surface area contributed by atoms with Crippen LogP contribution in [0.15, 0.2) is 30.3 Å². The smallest absolute Gasteiger partial charge is 0.269 e. The van der Waals surface area contributed by atoms with E-state index in [0.29, 0.717) is 23.3 Å². The summed E-state index contributed by atoms with van der Waals surface area (Å²) < 4.78 is 14.7. The van der Waals surface area contributed by atoms with Crippen molar-refractivity contribution in [3.05, 3.63) is 41.8 Å². The van der Waals surface area contributed by atoms with E-state index in [0.717, 1.165) is 12.1 Å². The van der Waals surface area contributed by atoms with Crippen LogP contribution < -0.4 is 5.32 Å². The quantitative estimate of drug-likeness (QED) is 0.899. The molecule has 2 atom stereocenters. The fraction of sp³-hybridized carbons (Fsp3) is 0.524. The van der Waals surface area contributed by atoms with Gasteiger partial charge in [0.1, 0.15) is 11.5 Å². The molecule has 6 heteroatoms. The standard InChI is InChI=1S/C21H27FN4O/c1-25-20(13-18(24-25)15-7-9-17(22)10-8-15)21(27)23-14-16-5-4-12-26-11-3-2-6-19(16)26/h7-10,13,16,19H,2-6,11-12,14H2,1H3,(H,23,27). The number of benzene rings is 1. The van der Waals surface area contributed by atoms with Crippen molar-refractivity contribution >= 4 is 5.91 Å². The SMILES string of the molecule is Cn1nc(-c2ccc(F)cc2)cc1C(=O)NCC1CCCN2CCCCC12. The van der Waals surface area contributed by atoms with Gasteiger partial charge in [-0.1, -0.05) is 6.42 Å². The number of fused-ring (bicyclic) bond motifs is 1. The van der Waals surface area contributed by atoms with E-state index >= 15 is 0 Å². The zero-order valence-electron chi connectivity index (χ0n) is 15.8. The number of carbonyl (C=O) groups is 1. The third kappa shape index (κ3) is 3.90. The molecular weight excluding hydrogens is 343 g/mol. The molecule has 2 aliphatic rings. The van der Waals surface area contributed by atoms with Gasteiger partial charge in [-0.25, -0.2) is 4.39 Å². The largest absolute Gasteiger partial charge is 0.350 e. The molecule has 144 valence electrons. The van der Waals surface area contributed by atoms with Gasteiger partial charge >= 0.3 is 0 Å². The normalized spacial score (nSPS) is 23.0. The molecule has 2 aliphatic heterocycles. The number of nitrogens with one attached hydrogen (secondary N) is 1. The molecule has 0 aliphatic carbocycles. The summed E-state index contributed by atoms with van der Waals surface area (Å²) in [4.78, 5) is 15.3. The van der Waals surface area contributed by atoms with E-state index in [-0.39, 0.29) is 11.7 Å². The van der Waals surface area contributed by atoms with E-state index in [1.54, 1.807) is 29.9 Å². The Morgan fingerprint density at radius 3 is 2.78 bits per heavy atom. The number of halogens is 1. The molecule has 0 saturated carbocycles. The number of aromatic nitrogens is 2. The lowest BCUT2D eigenvalue weighted by atomic mass is 9.83. The fourth-order valence-electron chi connectivity index (χ4n) is 4.57. The molecule has 1 N–H and O–H groups in total. The number of nitrogens with zero attached hydrogens (tertiary/aromatic N) is 3. The monoisotopic (exact) mass is 370 g/mol. The van der Waals surface area contributed by atoms with Gasteiger partial charge in [0.2, 0.25) is 0 Å². The average Bonchev–Trinajstić information content (AvgIpc) is 3.08. The Bertz CT molecular complexity index is 799. The Balaban J connectivity index is 1.42. The third-order valence-electron chi connectivity index (χ3n) is 6.01. The molecule has 0 radical (unpaired) electrons. The Morgan fingerprint density at radius 2 is 1.96 bits per heavy atom. The number of carbonyl (C=O) groups excluding carboxylic acids is 1. The van der Waals surface area contributed by atoms with Crippen LogP contribution in [0.1, 0.15) is 42.6 Å². The average molecular weight is 370 g/mol. The Labute approximate surface area is 159 Å². The number of piperidine rings is 2. The lowest BCUT2D eigenvalue weighted by Gasteiger charge is -2.44. The number of hydrogen-bond donors (Lipinski definition) is 1. The van der Waals surface area contributed by atoms with Crippen molar-refractivity contribution in [2.45, 2.75) is 38.1 Å². The topological polar surface area (TPSA) is 50.2 Å². The van der Waals surface area contributed by atoms with E-state index in [4.69, 9.17) is 0 Å². The van der Waals surface area contributed by atoms with Gasteiger partial charge in [0, 0.05) is 25.2 Å². The summed E-state index contributed by atoms with van der Waals surface area (Å²) in [7, 11) is 1.77. The minimum Gasteiger partial charge on any atom is -0.350 e. The van der Waals surface area contributed by atoms with Gasteiger partial charge in [0.25, 0.3) is 5.91 Å². The van der Waals surface area contributed by atoms with Crippen molar-refractivity contribution < 1.29 is 9.18 Å². The first-order chi connectivity index (χ1) is 13.1. The summed E-state index contributed by atoms with van der Waals surface area (Å²) in [6, 6.07) is 8.56. The van der Waals surface area contributed by atoms with Gasteiger partial charge in [-0.05, 0) is 75.0 Å². The van der Waals surface area contributed by atoms with Crippen LogP contribution in [0.3, 0.4) is 0 Å². The van der Waals surface area contributed by atoms with Crippen molar-refractivity contribution in [3.8, 4) is 11.3 Å². The molecule has 2 unspecified atom stereocenters. The second kappa shape index (κ2) is 7.80. The maximum atomic E-state index is 13.1. The second-order valence-electron chi connectivity index (χ2n) is 7.76. The maximum absolute atomic E-state index is 13.1. The summed E-state index contributed by atoms with van der Waals surface area (Å²) in [6.45, 7) is 3.13. The molecule has 1 aromatic carbocycles. The lowest BCUT2D eigenvalue weighted by Crippen LogP contribution is -2.51. The highest BCUT2D eigenvalue weighted by atomic mass is 19.1. The first-order valence-corrected chi connectivity index (χ1v) is 9.94. The number of rotatable bonds is 4. The van der Waals surface area contributed by atoms with Gasteiger partial charge < -0.3 is 10.2 Å². The van der Waals surface area contributed by atoms with Crippen LogP contribution in [0.25, 0.3) is 11.3 Å². The fourth-order valence-corrected chi connectivity index (χ4v) is 4.57. The van der Waals surface area contributed by atoms with Crippen molar-refractivity contribution in [1.82, 2.24) is 20.0 Å². The second-order valence-corrected chi connectivity index (χ2v) is 7.76. The van der Waals surface area contributed by atoms with E-state index in [2.05, 4.69) is 15.3 Å². The van der Waals surface area contributed by atoms with Crippen LogP contribution in [0.5, 0.6) is 0 Å². The van der Waals surface area contributed by atoms with Crippen LogP contribution in [0, 0.1) is 11.7 Å². The Hall–Kier alpha value is -2.21. The summed E-state index contributed by atoms with van der Waals surface area (Å²) in [5, 5.41) is 7.55. The highest BCUT2D eigenvalue weighted by molar-refractivity contribution is 5.93. The van der Waals surface area contributed by atoms with E-state index < -0.39 is 0 Å². The molecule has 4 rings (SSSR count). The first-order valence-electron chi connectivity index (χ1n) is 9.94. The summed E-state index contributed by atoms with van der Waals surface area (Å²) in [6.07, 6.45) is 6.26. The zero-order chi connectivity index (χ0) is 18.8. The minimum atomic E-state index is -0.281. The van der Waals surface area contributed by atoms with Crippen LogP contribution in [-0.2, 0) is 7.05 Å². The van der Waals surface area contributed by atoms with E-state index in [1.165, 1.54) is 57.3 Å². The Morgan fingerprint density at radius 1 is 1.19 bits per heavy atom. The van der Waals surface area contributed by atoms with Gasteiger partial charge in [0.15, 0.2) is 0 Å². The molecule has 0 bridgehead atoms. The minimum absolute atomic E-state index is 0.0914. The number of aryl methyl sites for hydroxylation is 1. The molecule has 2 fully saturated rings. The number of hydrogen-bond acceptors (Lipinski definition) is 3. The van der Waals surface area contributed by atoms with Crippen molar-refractivity contribution in [1.29, 1.82) is 0 Å². The number of amides is 1. The molecule has 5 nitrogen and oxygen atoms in total. The molecule has 0 spiro atoms. The molecule has 2 saturated heterocycles. The van der Waals surface area contributed by atoms with Gasteiger partial charge in [0.05, 0.1) is 5.69 Å². The zero-order valence-corrected chi connectivity index (χ0v) is 15.8. The highest BCUT2D eigenvalue weighted by Gasteiger charge is 2.33. The molecule has 27 heavy (non-hydrogen) atoms. The molecule has 1 aromatic heterocycles. The van der Waals surface area contributed by atoms with Crippen LogP contribution in [0.4, 0.5) is 4.39 Å². The predicted octanol–water partition coefficient (Wildman–Crippen LogP) is 3.22. The maximum Gasteiger partial charge on any atom is 0.269 e. The van der Waals surface area contributed by atoms with Crippen molar-refractivity contribution in [2.75, 3.05) is 19.6 Å². The molecule has 1 amide bonds. The first kappa shape index (κ1) is 18.2. The summed E-state index contributed by atoms with van der Waals surface area (Å²) in [5.41, 5.74) is 2.01. The van der Waals surface area contributed by atoms with Gasteiger partial charge in [-0.2, -0.15) is 5.10 Å².